The fourth-order valence-electron chi connectivity index (χ4n) is 3.32. The Labute approximate surface area is 229 Å². The molecule has 10 heteroatoms. The van der Waals surface area contributed by atoms with Crippen LogP contribution in [0.15, 0.2) is 108 Å². The van der Waals surface area contributed by atoms with Crippen LogP contribution in [0.5, 0.6) is 17.2 Å². The molecule has 0 aliphatic carbocycles. The molecule has 0 bridgehead atoms. The molecule has 4 rings (SSSR count). The van der Waals surface area contributed by atoms with Crippen LogP contribution in [0.25, 0.3) is 0 Å². The Morgan fingerprint density at radius 2 is 1.25 bits per heavy atom. The zero-order chi connectivity index (χ0) is 28.3. The summed E-state index contributed by atoms with van der Waals surface area (Å²) in [5, 5.41) is 6.24. The van der Waals surface area contributed by atoms with Gasteiger partial charge in [0.25, 0.3) is 0 Å². The van der Waals surface area contributed by atoms with Crippen molar-refractivity contribution in [3.05, 3.63) is 120 Å². The molecule has 0 atom stereocenters. The van der Waals surface area contributed by atoms with E-state index in [1.807, 2.05) is 0 Å². The Morgan fingerprint density at radius 1 is 0.675 bits per heavy atom. The summed E-state index contributed by atoms with van der Waals surface area (Å²) in [6.45, 7) is 0. The van der Waals surface area contributed by atoms with Crippen LogP contribution in [0.2, 0.25) is 0 Å². The molecule has 0 heterocycles. The van der Waals surface area contributed by atoms with Crippen LogP contribution >= 0.6 is 0 Å². The van der Waals surface area contributed by atoms with Gasteiger partial charge < -0.3 is 19.5 Å². The monoisotopic (exact) mass is 537 g/mol. The van der Waals surface area contributed by atoms with E-state index in [1.165, 1.54) is 31.5 Å². The zero-order valence-corrected chi connectivity index (χ0v) is 21.2. The average molecular weight is 538 g/mol. The highest BCUT2D eigenvalue weighted by atomic mass is 16.5. The summed E-state index contributed by atoms with van der Waals surface area (Å²) in [6, 6.07) is 27.4. The molecule has 0 aliphatic heterocycles. The Kier molecular flexibility index (Phi) is 8.97. The molecule has 0 unspecified atom stereocenters. The number of amides is 2. The first kappa shape index (κ1) is 27.3. The van der Waals surface area contributed by atoms with Crippen molar-refractivity contribution in [1.82, 2.24) is 5.43 Å². The maximum Gasteiger partial charge on any atom is 0.343 e. The molecular formula is C30H23N3O7. The van der Waals surface area contributed by atoms with Crippen LogP contribution in [0.4, 0.5) is 5.69 Å². The summed E-state index contributed by atoms with van der Waals surface area (Å²) >= 11 is 0. The minimum Gasteiger partial charge on any atom is -0.497 e. The summed E-state index contributed by atoms with van der Waals surface area (Å²) in [6.07, 6.45) is 1.19. The van der Waals surface area contributed by atoms with E-state index in [4.69, 9.17) is 14.2 Å². The molecule has 4 aromatic carbocycles. The molecule has 4 aromatic rings. The number of ether oxygens (including phenoxy) is 3. The number of carbonyl (C=O) groups is 4. The highest BCUT2D eigenvalue weighted by Gasteiger charge is 2.16. The first-order valence-corrected chi connectivity index (χ1v) is 11.9. The van der Waals surface area contributed by atoms with Gasteiger partial charge in [0.2, 0.25) is 0 Å². The van der Waals surface area contributed by atoms with Crippen molar-refractivity contribution < 1.29 is 33.4 Å². The Morgan fingerprint density at radius 3 is 1.85 bits per heavy atom. The summed E-state index contributed by atoms with van der Waals surface area (Å²) in [7, 11) is 1.51. The number of methoxy groups -OCH3 is 1. The van der Waals surface area contributed by atoms with Crippen LogP contribution in [0, 0.1) is 0 Å². The van der Waals surface area contributed by atoms with E-state index < -0.39 is 23.8 Å². The second-order valence-corrected chi connectivity index (χ2v) is 8.09. The average Bonchev–Trinajstić information content (AvgIpc) is 2.99. The van der Waals surface area contributed by atoms with Crippen LogP contribution in [0.1, 0.15) is 26.3 Å². The number of hydrazone groups is 1. The van der Waals surface area contributed by atoms with E-state index in [9.17, 15) is 19.2 Å². The molecule has 0 fully saturated rings. The lowest BCUT2D eigenvalue weighted by Crippen LogP contribution is -2.32. The molecule has 0 saturated carbocycles. The number of nitrogens with zero attached hydrogens (tertiary/aromatic N) is 1. The number of esters is 2. The lowest BCUT2D eigenvalue weighted by Gasteiger charge is -2.10. The molecule has 0 aliphatic rings. The van der Waals surface area contributed by atoms with Crippen molar-refractivity contribution >= 4 is 35.7 Å². The predicted molar refractivity (Wildman–Crippen MR) is 147 cm³/mol. The van der Waals surface area contributed by atoms with Crippen LogP contribution in [-0.2, 0) is 9.59 Å². The van der Waals surface area contributed by atoms with Gasteiger partial charge in [-0.15, -0.1) is 0 Å². The second-order valence-electron chi connectivity index (χ2n) is 8.09. The van der Waals surface area contributed by atoms with Crippen molar-refractivity contribution in [2.75, 3.05) is 12.4 Å². The predicted octanol–water partition coefficient (Wildman–Crippen LogP) is 4.22. The number of anilines is 1. The largest absolute Gasteiger partial charge is 0.497 e. The van der Waals surface area contributed by atoms with Gasteiger partial charge in [-0.25, -0.2) is 15.0 Å². The lowest BCUT2D eigenvalue weighted by atomic mass is 10.2. The quantitative estimate of drug-likeness (QED) is 0.113. The Bertz CT molecular complexity index is 1540. The third-order valence-electron chi connectivity index (χ3n) is 5.34. The Hall–Kier alpha value is -5.77. The molecule has 2 amide bonds. The van der Waals surface area contributed by atoms with Gasteiger partial charge in [0.1, 0.15) is 17.2 Å². The zero-order valence-electron chi connectivity index (χ0n) is 21.2. The second kappa shape index (κ2) is 13.2. The van der Waals surface area contributed by atoms with E-state index in [0.29, 0.717) is 22.6 Å². The van der Waals surface area contributed by atoms with Gasteiger partial charge in [-0.05, 0) is 60.7 Å². The molecule has 40 heavy (non-hydrogen) atoms. The fraction of sp³-hybridized carbons (Fsp3) is 0.0333. The molecule has 0 aromatic heterocycles. The molecule has 200 valence electrons. The third-order valence-corrected chi connectivity index (χ3v) is 5.34. The van der Waals surface area contributed by atoms with Crippen molar-refractivity contribution in [3.8, 4) is 17.2 Å². The van der Waals surface area contributed by atoms with Crippen molar-refractivity contribution in [1.29, 1.82) is 0 Å². The number of hydrogen-bond acceptors (Lipinski definition) is 8. The van der Waals surface area contributed by atoms with Gasteiger partial charge in [0.15, 0.2) is 0 Å². The third kappa shape index (κ3) is 7.39. The maximum absolute atomic E-state index is 12.7. The van der Waals surface area contributed by atoms with Crippen LogP contribution < -0.4 is 25.0 Å². The molecule has 0 saturated heterocycles. The van der Waals surface area contributed by atoms with Crippen LogP contribution in [0.3, 0.4) is 0 Å². The minimum absolute atomic E-state index is 0.00731. The number of benzene rings is 4. The molecule has 10 nitrogen and oxygen atoms in total. The molecular weight excluding hydrogens is 514 g/mol. The first-order chi connectivity index (χ1) is 19.4. The van der Waals surface area contributed by atoms with Crippen molar-refractivity contribution in [2.24, 2.45) is 5.10 Å². The van der Waals surface area contributed by atoms with Crippen molar-refractivity contribution in [3.63, 3.8) is 0 Å². The molecule has 0 spiro atoms. The standard InChI is InChI=1S/C30H23N3O7/c1-38-24-16-13-23(14-17-24)32-27(34)28(35)33-31-19-22-12-15-25(39-29(36)20-8-4-2-5-9-20)18-26(22)40-30(37)21-10-6-3-7-11-21/h2-19H,1H3,(H,32,34)(H,33,35)/b31-19+. The summed E-state index contributed by atoms with van der Waals surface area (Å²) in [5.41, 5.74) is 3.41. The summed E-state index contributed by atoms with van der Waals surface area (Å²) in [5.74, 6) is -2.51. The van der Waals surface area contributed by atoms with Gasteiger partial charge in [-0.2, -0.15) is 5.10 Å². The summed E-state index contributed by atoms with van der Waals surface area (Å²) in [4.78, 5) is 49.6. The molecule has 2 N–H and O–H groups in total. The lowest BCUT2D eigenvalue weighted by molar-refractivity contribution is -0.136. The summed E-state index contributed by atoms with van der Waals surface area (Å²) < 4.78 is 16.0. The van der Waals surface area contributed by atoms with E-state index in [0.717, 1.165) is 0 Å². The number of carbonyl (C=O) groups excluding carboxylic acids is 4. The molecule has 0 radical (unpaired) electrons. The first-order valence-electron chi connectivity index (χ1n) is 11.9. The van der Waals surface area contributed by atoms with E-state index >= 15 is 0 Å². The minimum atomic E-state index is -1.02. The fourth-order valence-corrected chi connectivity index (χ4v) is 3.32. The topological polar surface area (TPSA) is 132 Å². The number of hydrogen-bond donors (Lipinski definition) is 2. The van der Waals surface area contributed by atoms with Gasteiger partial charge in [-0.3, -0.25) is 9.59 Å². The van der Waals surface area contributed by atoms with Gasteiger partial charge in [-0.1, -0.05) is 36.4 Å². The van der Waals surface area contributed by atoms with Gasteiger partial charge in [0.05, 0.1) is 24.5 Å². The Balaban J connectivity index is 1.48. The highest BCUT2D eigenvalue weighted by molar-refractivity contribution is 6.39. The highest BCUT2D eigenvalue weighted by Crippen LogP contribution is 2.26. The van der Waals surface area contributed by atoms with E-state index in [-0.39, 0.29) is 17.1 Å². The maximum atomic E-state index is 12.7. The van der Waals surface area contributed by atoms with Crippen molar-refractivity contribution in [2.45, 2.75) is 0 Å². The van der Waals surface area contributed by atoms with E-state index in [1.54, 1.807) is 84.9 Å². The number of rotatable bonds is 8. The normalized spacial score (nSPS) is 10.4. The van der Waals surface area contributed by atoms with Crippen LogP contribution in [-0.4, -0.2) is 37.1 Å². The van der Waals surface area contributed by atoms with Gasteiger partial charge >= 0.3 is 23.8 Å². The van der Waals surface area contributed by atoms with E-state index in [2.05, 4.69) is 15.8 Å². The SMILES string of the molecule is COc1ccc(NC(=O)C(=O)N/N=C/c2ccc(OC(=O)c3ccccc3)cc2OC(=O)c2ccccc2)cc1. The smallest absolute Gasteiger partial charge is 0.343 e. The number of nitrogens with one attached hydrogen (secondary N) is 2. The van der Waals surface area contributed by atoms with Gasteiger partial charge in [0, 0.05) is 17.3 Å².